The highest BCUT2D eigenvalue weighted by atomic mass is 32.2. The molecule has 3 aromatic rings. The number of fused-ring (bicyclic) bond motifs is 2. The van der Waals surface area contributed by atoms with E-state index in [4.69, 9.17) is 4.74 Å². The molecule has 0 atom stereocenters. The Morgan fingerprint density at radius 2 is 1.57 bits per heavy atom. The lowest BCUT2D eigenvalue weighted by molar-refractivity contribution is -0.387. The third-order valence-electron chi connectivity index (χ3n) is 8.65. The van der Waals surface area contributed by atoms with Gasteiger partial charge in [0.05, 0.1) is 22.9 Å². The summed E-state index contributed by atoms with van der Waals surface area (Å²) in [5.74, 6) is -0.482. The quantitative estimate of drug-likeness (QED) is 0.130. The summed E-state index contributed by atoms with van der Waals surface area (Å²) in [6, 6.07) is 17.5. The summed E-state index contributed by atoms with van der Waals surface area (Å²) < 4.78 is 34.8. The highest BCUT2D eigenvalue weighted by Gasteiger charge is 2.44. The molecule has 2 aliphatic rings. The number of nitrogens with zero attached hydrogens (tertiary/aromatic N) is 5. The van der Waals surface area contributed by atoms with Crippen LogP contribution in [-0.2, 0) is 26.0 Å². The summed E-state index contributed by atoms with van der Waals surface area (Å²) in [4.78, 5) is 54.2. The molecule has 14 heteroatoms. The van der Waals surface area contributed by atoms with Crippen molar-refractivity contribution < 1.29 is 32.5 Å². The van der Waals surface area contributed by atoms with Crippen molar-refractivity contribution in [3.8, 4) is 5.75 Å². The van der Waals surface area contributed by atoms with Gasteiger partial charge in [-0.2, -0.15) is 4.31 Å². The molecule has 0 aliphatic carbocycles. The summed E-state index contributed by atoms with van der Waals surface area (Å²) in [6.07, 6.45) is 0.851. The van der Waals surface area contributed by atoms with Gasteiger partial charge in [0.15, 0.2) is 4.90 Å². The van der Waals surface area contributed by atoms with Crippen LogP contribution in [0.5, 0.6) is 5.75 Å². The Kier molecular flexibility index (Phi) is 9.36. The molecule has 0 saturated carbocycles. The molecule has 13 nitrogen and oxygen atoms in total. The zero-order valence-corrected chi connectivity index (χ0v) is 27.5. The lowest BCUT2D eigenvalue weighted by Crippen LogP contribution is -2.46. The minimum Gasteiger partial charge on any atom is -0.493 e. The number of sulfonamides is 1. The van der Waals surface area contributed by atoms with Gasteiger partial charge in [0, 0.05) is 58.0 Å². The number of carbonyl (C=O) groups is 3. The lowest BCUT2D eigenvalue weighted by atomic mass is 9.90. The van der Waals surface area contributed by atoms with Gasteiger partial charge in [-0.15, -0.1) is 0 Å². The van der Waals surface area contributed by atoms with E-state index >= 15 is 0 Å². The molecule has 0 fully saturated rings. The molecule has 47 heavy (non-hydrogen) atoms. The van der Waals surface area contributed by atoms with Crippen LogP contribution < -0.4 is 14.5 Å². The number of carbonyl (C=O) groups excluding carboxylic acids is 3. The summed E-state index contributed by atoms with van der Waals surface area (Å²) in [6.45, 7) is 3.64. The number of hydrogen-bond donors (Lipinski definition) is 0. The van der Waals surface area contributed by atoms with E-state index < -0.39 is 30.9 Å². The second kappa shape index (κ2) is 13.1. The van der Waals surface area contributed by atoms with Crippen LogP contribution in [0.1, 0.15) is 36.2 Å². The minimum absolute atomic E-state index is 0.0399. The first-order chi connectivity index (χ1) is 22.2. The maximum atomic E-state index is 13.9. The van der Waals surface area contributed by atoms with E-state index in [1.807, 2.05) is 12.1 Å². The first kappa shape index (κ1) is 33.5. The average molecular weight is 664 g/mol. The van der Waals surface area contributed by atoms with Crippen LogP contribution in [0.4, 0.5) is 17.1 Å². The van der Waals surface area contributed by atoms with Crippen molar-refractivity contribution in [2.45, 2.75) is 31.6 Å². The molecule has 0 unspecified atom stereocenters. The van der Waals surface area contributed by atoms with Gasteiger partial charge in [-0.05, 0) is 56.5 Å². The largest absolute Gasteiger partial charge is 0.493 e. The molecule has 0 bridgehead atoms. The first-order valence-corrected chi connectivity index (χ1v) is 16.6. The fraction of sp³-hybridized carbons (Fsp3) is 0.364. The number of nitro groups is 1. The zero-order chi connectivity index (χ0) is 34.1. The molecule has 0 N–H and O–H groups in total. The standard InChI is InChI=1S/C33H37N5O8S/c1-33(2)31(40)34(3)26-15-14-24(22-28(26)35(4)32(33)41)46-21-9-17-37(47(44,45)29-13-8-7-12-27(29)38(42)43)20-19-36-18-16-23-10-5-6-11-25(23)30(36)39/h5-8,10-15,22H,9,16-21H2,1-4H3. The maximum Gasteiger partial charge on any atom is 0.289 e. The van der Waals surface area contributed by atoms with Crippen LogP contribution in [0.2, 0.25) is 0 Å². The molecule has 3 amide bonds. The van der Waals surface area contributed by atoms with Crippen molar-refractivity contribution in [3.63, 3.8) is 0 Å². The third kappa shape index (κ3) is 6.43. The van der Waals surface area contributed by atoms with Crippen molar-refractivity contribution in [2.24, 2.45) is 5.41 Å². The van der Waals surface area contributed by atoms with Crippen LogP contribution in [0.15, 0.2) is 71.6 Å². The van der Waals surface area contributed by atoms with Crippen LogP contribution in [0.25, 0.3) is 0 Å². The molecular weight excluding hydrogens is 626 g/mol. The predicted molar refractivity (Wildman–Crippen MR) is 175 cm³/mol. The Labute approximate surface area is 273 Å². The SMILES string of the molecule is CN1C(=O)C(C)(C)C(=O)N(C)c2cc(OCCCN(CCN3CCc4ccccc4C3=O)S(=O)(=O)c3ccccc3[N+](=O)[O-])ccc21. The smallest absolute Gasteiger partial charge is 0.289 e. The second-order valence-corrected chi connectivity index (χ2v) is 13.9. The summed E-state index contributed by atoms with van der Waals surface area (Å²) in [5, 5.41) is 11.7. The number of benzene rings is 3. The molecular formula is C33H37N5O8S. The van der Waals surface area contributed by atoms with Crippen molar-refractivity contribution in [1.82, 2.24) is 9.21 Å². The summed E-state index contributed by atoms with van der Waals surface area (Å²) >= 11 is 0. The van der Waals surface area contributed by atoms with Gasteiger partial charge in [-0.1, -0.05) is 30.3 Å². The normalized spacial score (nSPS) is 16.2. The number of hydrogen-bond acceptors (Lipinski definition) is 8. The molecule has 0 spiro atoms. The van der Waals surface area contributed by atoms with Crippen molar-refractivity contribution in [2.75, 3.05) is 56.7 Å². The number of para-hydroxylation sites is 1. The highest BCUT2D eigenvalue weighted by molar-refractivity contribution is 7.89. The fourth-order valence-corrected chi connectivity index (χ4v) is 7.59. The topological polar surface area (TPSA) is 151 Å². The van der Waals surface area contributed by atoms with E-state index in [2.05, 4.69) is 0 Å². The van der Waals surface area contributed by atoms with E-state index in [-0.39, 0.29) is 50.4 Å². The molecule has 248 valence electrons. The second-order valence-electron chi connectivity index (χ2n) is 12.0. The fourth-order valence-electron chi connectivity index (χ4n) is 5.96. The first-order valence-electron chi connectivity index (χ1n) is 15.2. The van der Waals surface area contributed by atoms with Crippen molar-refractivity contribution in [1.29, 1.82) is 0 Å². The Morgan fingerprint density at radius 1 is 0.915 bits per heavy atom. The summed E-state index contributed by atoms with van der Waals surface area (Å²) in [5.41, 5.74) is 0.752. The number of ether oxygens (including phenoxy) is 1. The Bertz CT molecular complexity index is 1840. The van der Waals surface area contributed by atoms with E-state index in [9.17, 15) is 32.9 Å². The van der Waals surface area contributed by atoms with Crippen molar-refractivity contribution >= 4 is 44.8 Å². The Hall–Kier alpha value is -4.82. The molecule has 2 heterocycles. The zero-order valence-electron chi connectivity index (χ0n) is 26.7. The van der Waals surface area contributed by atoms with E-state index in [1.165, 1.54) is 28.0 Å². The van der Waals surface area contributed by atoms with Crippen molar-refractivity contribution in [3.05, 3.63) is 88.0 Å². The van der Waals surface area contributed by atoms with Crippen LogP contribution >= 0.6 is 0 Å². The molecule has 0 saturated heterocycles. The number of nitro benzene ring substituents is 1. The Balaban J connectivity index is 1.32. The summed E-state index contributed by atoms with van der Waals surface area (Å²) in [7, 11) is -1.13. The van der Waals surface area contributed by atoms with E-state index in [0.717, 1.165) is 15.9 Å². The van der Waals surface area contributed by atoms with Crippen LogP contribution in [0.3, 0.4) is 0 Å². The number of amides is 3. The van der Waals surface area contributed by atoms with Gasteiger partial charge in [0.25, 0.3) is 11.6 Å². The van der Waals surface area contributed by atoms with Gasteiger partial charge in [0.1, 0.15) is 11.2 Å². The van der Waals surface area contributed by atoms with Gasteiger partial charge >= 0.3 is 0 Å². The molecule has 5 rings (SSSR count). The number of rotatable bonds is 11. The third-order valence-corrected chi connectivity index (χ3v) is 10.6. The maximum absolute atomic E-state index is 13.9. The molecule has 0 radical (unpaired) electrons. The van der Waals surface area contributed by atoms with Gasteiger partial charge in [-0.3, -0.25) is 24.5 Å². The van der Waals surface area contributed by atoms with Gasteiger partial charge in [-0.25, -0.2) is 8.42 Å². The van der Waals surface area contributed by atoms with E-state index in [0.29, 0.717) is 35.7 Å². The van der Waals surface area contributed by atoms with Gasteiger partial charge < -0.3 is 19.4 Å². The average Bonchev–Trinajstić information content (AvgIpc) is 3.10. The molecule has 0 aromatic heterocycles. The number of anilines is 2. The highest BCUT2D eigenvalue weighted by Crippen LogP contribution is 2.39. The van der Waals surface area contributed by atoms with E-state index in [1.54, 1.807) is 63.2 Å². The molecule has 3 aromatic carbocycles. The van der Waals surface area contributed by atoms with Gasteiger partial charge in [0.2, 0.25) is 21.8 Å². The molecule has 2 aliphatic heterocycles. The predicted octanol–water partition coefficient (Wildman–Crippen LogP) is 3.72. The Morgan fingerprint density at radius 3 is 2.30 bits per heavy atom. The lowest BCUT2D eigenvalue weighted by Gasteiger charge is -2.31. The monoisotopic (exact) mass is 663 g/mol. The van der Waals surface area contributed by atoms with Crippen LogP contribution in [-0.4, -0.2) is 87.1 Å². The minimum atomic E-state index is -4.34. The van der Waals surface area contributed by atoms with Crippen LogP contribution in [0, 0.1) is 15.5 Å².